The number of benzene rings is 1. The molecule has 23 heavy (non-hydrogen) atoms. The first-order valence-corrected chi connectivity index (χ1v) is 8.87. The molecule has 1 heterocycles. The molecule has 1 aromatic rings. The highest BCUT2D eigenvalue weighted by Gasteiger charge is 2.39. The van der Waals surface area contributed by atoms with E-state index in [0.717, 1.165) is 45.3 Å². The maximum absolute atomic E-state index is 12.4. The molecule has 126 valence electrons. The summed E-state index contributed by atoms with van der Waals surface area (Å²) >= 11 is 0. The summed E-state index contributed by atoms with van der Waals surface area (Å²) in [7, 11) is 0. The fourth-order valence-corrected chi connectivity index (χ4v) is 3.90. The van der Waals surface area contributed by atoms with Gasteiger partial charge in [-0.1, -0.05) is 36.8 Å². The first kappa shape index (κ1) is 16.3. The Bertz CT molecular complexity index is 517. The predicted molar refractivity (Wildman–Crippen MR) is 91.3 cm³/mol. The van der Waals surface area contributed by atoms with Gasteiger partial charge in [0.2, 0.25) is 0 Å². The van der Waals surface area contributed by atoms with Crippen LogP contribution in [0.15, 0.2) is 30.3 Å². The van der Waals surface area contributed by atoms with Crippen molar-refractivity contribution in [3.8, 4) is 0 Å². The van der Waals surface area contributed by atoms with Crippen molar-refractivity contribution in [3.05, 3.63) is 35.9 Å². The van der Waals surface area contributed by atoms with E-state index < -0.39 is 0 Å². The van der Waals surface area contributed by atoms with E-state index in [4.69, 9.17) is 0 Å². The number of carbonyl (C=O) groups excluding carboxylic acids is 1. The third kappa shape index (κ3) is 3.52. The lowest BCUT2D eigenvalue weighted by Crippen LogP contribution is -2.51. The molecule has 3 rings (SSSR count). The van der Waals surface area contributed by atoms with E-state index in [1.165, 1.54) is 12.0 Å². The van der Waals surface area contributed by atoms with Gasteiger partial charge in [-0.2, -0.15) is 0 Å². The van der Waals surface area contributed by atoms with Crippen LogP contribution in [0.1, 0.15) is 44.6 Å². The van der Waals surface area contributed by atoms with Crippen LogP contribution in [0.25, 0.3) is 0 Å². The highest BCUT2D eigenvalue weighted by atomic mass is 16.3. The van der Waals surface area contributed by atoms with E-state index >= 15 is 0 Å². The molecule has 1 aromatic carbocycles. The van der Waals surface area contributed by atoms with Gasteiger partial charge in [0.1, 0.15) is 0 Å². The Morgan fingerprint density at radius 2 is 1.96 bits per heavy atom. The largest absolute Gasteiger partial charge is 0.393 e. The van der Waals surface area contributed by atoms with E-state index in [9.17, 15) is 9.90 Å². The van der Waals surface area contributed by atoms with Gasteiger partial charge in [0.05, 0.1) is 6.10 Å². The van der Waals surface area contributed by atoms with Gasteiger partial charge in [-0.15, -0.1) is 0 Å². The van der Waals surface area contributed by atoms with Crippen LogP contribution >= 0.6 is 0 Å². The Labute approximate surface area is 138 Å². The summed E-state index contributed by atoms with van der Waals surface area (Å²) in [6, 6.07) is 10.6. The summed E-state index contributed by atoms with van der Waals surface area (Å²) < 4.78 is 0. The van der Waals surface area contributed by atoms with Crippen LogP contribution in [0.3, 0.4) is 0 Å². The van der Waals surface area contributed by atoms with Gasteiger partial charge in [0.25, 0.3) is 0 Å². The van der Waals surface area contributed by atoms with Crippen LogP contribution in [-0.2, 0) is 5.41 Å². The molecule has 1 aliphatic carbocycles. The molecular weight excluding hydrogens is 288 g/mol. The second-order valence-electron chi connectivity index (χ2n) is 7.22. The normalized spacial score (nSPS) is 22.3. The van der Waals surface area contributed by atoms with Crippen molar-refractivity contribution in [3.63, 3.8) is 0 Å². The lowest BCUT2D eigenvalue weighted by molar-refractivity contribution is 0.0791. The summed E-state index contributed by atoms with van der Waals surface area (Å²) in [4.78, 5) is 14.3. The maximum Gasteiger partial charge on any atom is 0.317 e. The number of likely N-dealkylation sites (tertiary alicyclic amines) is 1. The number of aliphatic hydroxyl groups is 1. The zero-order valence-electron chi connectivity index (χ0n) is 14.0. The Morgan fingerprint density at radius 1 is 1.30 bits per heavy atom. The van der Waals surface area contributed by atoms with E-state index in [-0.39, 0.29) is 17.6 Å². The first-order chi connectivity index (χ1) is 11.1. The number of rotatable bonds is 4. The van der Waals surface area contributed by atoms with Gasteiger partial charge in [-0.25, -0.2) is 4.79 Å². The molecule has 1 saturated carbocycles. The van der Waals surface area contributed by atoms with Crippen molar-refractivity contribution in [2.45, 2.75) is 50.5 Å². The molecule has 2 aliphatic rings. The molecule has 0 spiro atoms. The highest BCUT2D eigenvalue weighted by Crippen LogP contribution is 2.43. The molecule has 0 bridgehead atoms. The number of amides is 2. The van der Waals surface area contributed by atoms with Gasteiger partial charge in [-0.3, -0.25) is 0 Å². The minimum absolute atomic E-state index is 0.0521. The van der Waals surface area contributed by atoms with Crippen molar-refractivity contribution >= 4 is 6.03 Å². The van der Waals surface area contributed by atoms with E-state index in [1.807, 2.05) is 17.9 Å². The van der Waals surface area contributed by atoms with E-state index in [1.54, 1.807) is 0 Å². The van der Waals surface area contributed by atoms with Gasteiger partial charge >= 0.3 is 6.03 Å². The molecule has 2 fully saturated rings. The fourth-order valence-electron chi connectivity index (χ4n) is 3.90. The molecule has 1 atom stereocenters. The minimum atomic E-state index is -0.267. The Morgan fingerprint density at radius 3 is 2.48 bits per heavy atom. The lowest BCUT2D eigenvalue weighted by Gasteiger charge is -2.43. The number of aliphatic hydroxyl groups excluding tert-OH is 1. The molecule has 4 nitrogen and oxygen atoms in total. The molecule has 1 saturated heterocycles. The topological polar surface area (TPSA) is 52.6 Å². The zero-order chi connectivity index (χ0) is 16.3. The van der Waals surface area contributed by atoms with E-state index in [0.29, 0.717) is 5.92 Å². The summed E-state index contributed by atoms with van der Waals surface area (Å²) in [5.74, 6) is 0.335. The Hall–Kier alpha value is -1.55. The summed E-state index contributed by atoms with van der Waals surface area (Å²) in [6.45, 7) is 4.08. The second-order valence-corrected chi connectivity index (χ2v) is 7.22. The third-order valence-corrected chi connectivity index (χ3v) is 5.78. The van der Waals surface area contributed by atoms with Gasteiger partial charge < -0.3 is 15.3 Å². The standard InChI is InChI=1S/C19H28N2O2/c1-15(22)16-8-12-21(13-9-16)18(23)20-14-19(10-5-11-19)17-6-3-2-4-7-17/h2-4,6-7,15-16,22H,5,8-14H2,1H3,(H,20,23). The summed E-state index contributed by atoms with van der Waals surface area (Å²) in [6.07, 6.45) is 5.08. The fraction of sp³-hybridized carbons (Fsp3) is 0.632. The van der Waals surface area contributed by atoms with Crippen LogP contribution in [0.5, 0.6) is 0 Å². The van der Waals surface area contributed by atoms with Crippen LogP contribution in [0.2, 0.25) is 0 Å². The molecule has 1 unspecified atom stereocenters. The van der Waals surface area contributed by atoms with Crippen molar-refractivity contribution < 1.29 is 9.90 Å². The van der Waals surface area contributed by atoms with Crippen LogP contribution in [-0.4, -0.2) is 41.8 Å². The molecule has 2 amide bonds. The zero-order valence-corrected chi connectivity index (χ0v) is 14.0. The number of piperidine rings is 1. The van der Waals surface area contributed by atoms with Crippen LogP contribution in [0, 0.1) is 5.92 Å². The van der Waals surface area contributed by atoms with Crippen molar-refractivity contribution in [2.75, 3.05) is 19.6 Å². The number of carbonyl (C=O) groups is 1. The molecular formula is C19H28N2O2. The Kier molecular flexibility index (Phi) is 4.90. The number of urea groups is 1. The predicted octanol–water partition coefficient (Wildman–Crippen LogP) is 2.91. The third-order valence-electron chi connectivity index (χ3n) is 5.78. The Balaban J connectivity index is 1.53. The van der Waals surface area contributed by atoms with Gasteiger partial charge in [0, 0.05) is 25.0 Å². The number of nitrogens with one attached hydrogen (secondary N) is 1. The second kappa shape index (κ2) is 6.91. The minimum Gasteiger partial charge on any atom is -0.393 e. The molecule has 0 radical (unpaired) electrons. The van der Waals surface area contributed by atoms with Gasteiger partial charge in [0.15, 0.2) is 0 Å². The number of hydrogen-bond acceptors (Lipinski definition) is 2. The summed E-state index contributed by atoms with van der Waals surface area (Å²) in [5, 5.41) is 12.8. The maximum atomic E-state index is 12.4. The van der Waals surface area contributed by atoms with Crippen molar-refractivity contribution in [1.29, 1.82) is 0 Å². The number of hydrogen-bond donors (Lipinski definition) is 2. The monoisotopic (exact) mass is 316 g/mol. The average molecular weight is 316 g/mol. The average Bonchev–Trinajstić information content (AvgIpc) is 2.55. The van der Waals surface area contributed by atoms with Crippen molar-refractivity contribution in [1.82, 2.24) is 10.2 Å². The molecule has 2 N–H and O–H groups in total. The molecule has 1 aliphatic heterocycles. The smallest absolute Gasteiger partial charge is 0.317 e. The van der Waals surface area contributed by atoms with Gasteiger partial charge in [-0.05, 0) is 44.1 Å². The van der Waals surface area contributed by atoms with Crippen LogP contribution < -0.4 is 5.32 Å². The van der Waals surface area contributed by atoms with Crippen LogP contribution in [0.4, 0.5) is 4.79 Å². The quantitative estimate of drug-likeness (QED) is 0.897. The highest BCUT2D eigenvalue weighted by molar-refractivity contribution is 5.74. The molecule has 4 heteroatoms. The summed E-state index contributed by atoms with van der Waals surface area (Å²) in [5.41, 5.74) is 1.48. The lowest BCUT2D eigenvalue weighted by atomic mass is 9.64. The van der Waals surface area contributed by atoms with E-state index in [2.05, 4.69) is 29.6 Å². The first-order valence-electron chi connectivity index (χ1n) is 8.87. The molecule has 0 aromatic heterocycles. The number of nitrogens with zero attached hydrogens (tertiary/aromatic N) is 1. The SMILES string of the molecule is CC(O)C1CCN(C(=O)NCC2(c3ccccc3)CCC2)CC1. The van der Waals surface area contributed by atoms with Crippen molar-refractivity contribution in [2.24, 2.45) is 5.92 Å².